The van der Waals surface area contributed by atoms with Crippen molar-refractivity contribution in [2.45, 2.75) is 26.8 Å². The Bertz CT molecular complexity index is 315. The normalized spacial score (nSPS) is 12.6. The second-order valence-electron chi connectivity index (χ2n) is 4.17. The standard InChI is InChI=1S/C12H21N3O/c1-4-14-10-5-11(7-13-6-10)15-12(8-16)9(2)3/h5-7,9,12,14-16H,4,8H2,1-3H3/t12-/m1/s1. The Morgan fingerprint density at radius 3 is 2.56 bits per heavy atom. The minimum atomic E-state index is 0.0682. The molecule has 1 atom stereocenters. The summed E-state index contributed by atoms with van der Waals surface area (Å²) < 4.78 is 0. The highest BCUT2D eigenvalue weighted by Crippen LogP contribution is 2.15. The van der Waals surface area contributed by atoms with Gasteiger partial charge in [0.1, 0.15) is 0 Å². The number of aliphatic hydroxyl groups excluding tert-OH is 1. The van der Waals surface area contributed by atoms with Gasteiger partial charge in [-0.15, -0.1) is 0 Å². The van der Waals surface area contributed by atoms with Crippen LogP contribution in [0.4, 0.5) is 11.4 Å². The van der Waals surface area contributed by atoms with Gasteiger partial charge in [-0.25, -0.2) is 0 Å². The van der Waals surface area contributed by atoms with Crippen LogP contribution in [0.25, 0.3) is 0 Å². The fourth-order valence-corrected chi connectivity index (χ4v) is 1.46. The Hall–Kier alpha value is -1.29. The van der Waals surface area contributed by atoms with E-state index in [-0.39, 0.29) is 12.6 Å². The number of hydrogen-bond acceptors (Lipinski definition) is 4. The summed E-state index contributed by atoms with van der Waals surface area (Å²) in [6.07, 6.45) is 3.56. The van der Waals surface area contributed by atoms with Crippen LogP contribution in [-0.4, -0.2) is 29.3 Å². The summed E-state index contributed by atoms with van der Waals surface area (Å²) >= 11 is 0. The smallest absolute Gasteiger partial charge is 0.0635 e. The first-order chi connectivity index (χ1) is 7.67. The fraction of sp³-hybridized carbons (Fsp3) is 0.583. The van der Waals surface area contributed by atoms with Crippen molar-refractivity contribution >= 4 is 11.4 Å². The summed E-state index contributed by atoms with van der Waals surface area (Å²) in [5.74, 6) is 0.382. The summed E-state index contributed by atoms with van der Waals surface area (Å²) in [5.41, 5.74) is 1.93. The maximum Gasteiger partial charge on any atom is 0.0635 e. The highest BCUT2D eigenvalue weighted by atomic mass is 16.3. The predicted molar refractivity (Wildman–Crippen MR) is 67.7 cm³/mol. The quantitative estimate of drug-likeness (QED) is 0.690. The molecule has 0 aliphatic heterocycles. The monoisotopic (exact) mass is 223 g/mol. The van der Waals surface area contributed by atoms with Crippen LogP contribution in [0.15, 0.2) is 18.5 Å². The van der Waals surface area contributed by atoms with Crippen LogP contribution in [0.2, 0.25) is 0 Å². The maximum absolute atomic E-state index is 9.23. The van der Waals surface area contributed by atoms with Gasteiger partial charge in [-0.1, -0.05) is 13.8 Å². The molecule has 0 aliphatic rings. The van der Waals surface area contributed by atoms with Crippen molar-refractivity contribution in [2.24, 2.45) is 5.92 Å². The van der Waals surface area contributed by atoms with Gasteiger partial charge in [-0.05, 0) is 18.9 Å². The first-order valence-corrected chi connectivity index (χ1v) is 5.73. The largest absolute Gasteiger partial charge is 0.394 e. The van der Waals surface area contributed by atoms with Crippen LogP contribution in [0.1, 0.15) is 20.8 Å². The molecule has 0 spiro atoms. The Morgan fingerprint density at radius 2 is 2.00 bits per heavy atom. The summed E-state index contributed by atoms with van der Waals surface area (Å²) in [4.78, 5) is 4.14. The molecule has 0 aliphatic carbocycles. The molecule has 0 saturated heterocycles. The van der Waals surface area contributed by atoms with Crippen LogP contribution in [0.3, 0.4) is 0 Å². The molecule has 0 amide bonds. The molecule has 90 valence electrons. The molecule has 3 N–H and O–H groups in total. The average molecular weight is 223 g/mol. The molecule has 4 nitrogen and oxygen atoms in total. The Kier molecular flexibility index (Phi) is 5.05. The van der Waals surface area contributed by atoms with Crippen LogP contribution in [0, 0.1) is 5.92 Å². The molecule has 0 fully saturated rings. The van der Waals surface area contributed by atoms with Crippen LogP contribution >= 0.6 is 0 Å². The molecule has 0 aromatic carbocycles. The van der Waals surface area contributed by atoms with Crippen molar-refractivity contribution in [2.75, 3.05) is 23.8 Å². The molecule has 0 bridgehead atoms. The third-order valence-electron chi connectivity index (χ3n) is 2.47. The number of nitrogens with one attached hydrogen (secondary N) is 2. The van der Waals surface area contributed by atoms with Gasteiger partial charge in [0, 0.05) is 6.54 Å². The summed E-state index contributed by atoms with van der Waals surface area (Å²) in [6, 6.07) is 2.07. The lowest BCUT2D eigenvalue weighted by molar-refractivity contribution is 0.249. The van der Waals surface area contributed by atoms with E-state index in [4.69, 9.17) is 0 Å². The van der Waals surface area contributed by atoms with Crippen molar-refractivity contribution < 1.29 is 5.11 Å². The van der Waals surface area contributed by atoms with Gasteiger partial charge in [0.2, 0.25) is 0 Å². The Morgan fingerprint density at radius 1 is 1.31 bits per heavy atom. The molecule has 1 rings (SSSR count). The molecule has 0 radical (unpaired) electrons. The van der Waals surface area contributed by atoms with Gasteiger partial charge >= 0.3 is 0 Å². The highest BCUT2D eigenvalue weighted by molar-refractivity contribution is 5.54. The topological polar surface area (TPSA) is 57.2 Å². The maximum atomic E-state index is 9.23. The lowest BCUT2D eigenvalue weighted by atomic mass is 10.1. The predicted octanol–water partition coefficient (Wildman–Crippen LogP) is 1.94. The fourth-order valence-electron chi connectivity index (χ4n) is 1.46. The van der Waals surface area contributed by atoms with Crippen molar-refractivity contribution in [1.82, 2.24) is 4.98 Å². The van der Waals surface area contributed by atoms with Crippen LogP contribution < -0.4 is 10.6 Å². The summed E-state index contributed by atoms with van der Waals surface area (Å²) in [7, 11) is 0. The third kappa shape index (κ3) is 3.70. The number of aromatic nitrogens is 1. The molecule has 1 heterocycles. The third-order valence-corrected chi connectivity index (χ3v) is 2.47. The Labute approximate surface area is 97.1 Å². The molecule has 1 aromatic heterocycles. The SMILES string of the molecule is CCNc1cncc(N[C@H](CO)C(C)C)c1. The van der Waals surface area contributed by atoms with E-state index in [1.165, 1.54) is 0 Å². The second kappa shape index (κ2) is 6.33. The second-order valence-corrected chi connectivity index (χ2v) is 4.17. The van der Waals surface area contributed by atoms with E-state index >= 15 is 0 Å². The van der Waals surface area contributed by atoms with Crippen molar-refractivity contribution in [3.05, 3.63) is 18.5 Å². The van der Waals surface area contributed by atoms with Gasteiger partial charge in [0.15, 0.2) is 0 Å². The molecule has 4 heteroatoms. The molecular weight excluding hydrogens is 202 g/mol. The zero-order chi connectivity index (χ0) is 12.0. The minimum Gasteiger partial charge on any atom is -0.394 e. The number of hydrogen-bond donors (Lipinski definition) is 3. The summed E-state index contributed by atoms with van der Waals surface area (Å²) in [6.45, 7) is 7.21. The number of aliphatic hydroxyl groups is 1. The van der Waals surface area contributed by atoms with E-state index in [1.54, 1.807) is 12.4 Å². The van der Waals surface area contributed by atoms with Crippen LogP contribution in [0.5, 0.6) is 0 Å². The Balaban J connectivity index is 2.68. The molecule has 16 heavy (non-hydrogen) atoms. The van der Waals surface area contributed by atoms with Gasteiger partial charge in [0.25, 0.3) is 0 Å². The van der Waals surface area contributed by atoms with E-state index in [0.717, 1.165) is 17.9 Å². The van der Waals surface area contributed by atoms with Gasteiger partial charge < -0.3 is 15.7 Å². The average Bonchev–Trinajstić information content (AvgIpc) is 2.26. The number of pyridine rings is 1. The highest BCUT2D eigenvalue weighted by Gasteiger charge is 2.11. The lowest BCUT2D eigenvalue weighted by Crippen LogP contribution is -2.29. The van der Waals surface area contributed by atoms with Gasteiger partial charge in [0.05, 0.1) is 36.4 Å². The molecular formula is C12H21N3O. The number of nitrogens with zero attached hydrogens (tertiary/aromatic N) is 1. The van der Waals surface area contributed by atoms with Crippen LogP contribution in [-0.2, 0) is 0 Å². The van der Waals surface area contributed by atoms with E-state index in [2.05, 4.69) is 29.5 Å². The number of anilines is 2. The minimum absolute atomic E-state index is 0.0682. The van der Waals surface area contributed by atoms with Crippen molar-refractivity contribution in [1.29, 1.82) is 0 Å². The molecule has 0 unspecified atom stereocenters. The van der Waals surface area contributed by atoms with E-state index in [0.29, 0.717) is 5.92 Å². The molecule has 0 saturated carbocycles. The van der Waals surface area contributed by atoms with E-state index < -0.39 is 0 Å². The number of rotatable bonds is 6. The van der Waals surface area contributed by atoms with E-state index in [1.807, 2.05) is 13.0 Å². The lowest BCUT2D eigenvalue weighted by Gasteiger charge is -2.21. The zero-order valence-corrected chi connectivity index (χ0v) is 10.2. The van der Waals surface area contributed by atoms with Gasteiger partial charge in [-0.3, -0.25) is 4.98 Å². The zero-order valence-electron chi connectivity index (χ0n) is 10.2. The first-order valence-electron chi connectivity index (χ1n) is 5.73. The first kappa shape index (κ1) is 12.8. The van der Waals surface area contributed by atoms with Gasteiger partial charge in [-0.2, -0.15) is 0 Å². The van der Waals surface area contributed by atoms with Crippen molar-refractivity contribution in [3.63, 3.8) is 0 Å². The van der Waals surface area contributed by atoms with E-state index in [9.17, 15) is 5.11 Å². The van der Waals surface area contributed by atoms with Crippen molar-refractivity contribution in [3.8, 4) is 0 Å². The summed E-state index contributed by atoms with van der Waals surface area (Å²) in [5, 5.41) is 15.7. The molecule has 1 aromatic rings.